The number of aromatic nitrogens is 2. The van der Waals surface area contributed by atoms with Crippen molar-refractivity contribution in [3.8, 4) is 11.3 Å². The van der Waals surface area contributed by atoms with Gasteiger partial charge in [-0.1, -0.05) is 41.4 Å². The Morgan fingerprint density at radius 1 is 1.21 bits per heavy atom. The fraction of sp³-hybridized carbons (Fsp3) is 0.524. The van der Waals surface area contributed by atoms with Crippen LogP contribution in [0.5, 0.6) is 0 Å². The molecule has 0 saturated heterocycles. The van der Waals surface area contributed by atoms with Gasteiger partial charge in [0.2, 0.25) is 0 Å². The molecule has 4 aliphatic carbocycles. The third kappa shape index (κ3) is 2.87. The molecule has 0 radical (unpaired) electrons. The highest BCUT2D eigenvalue weighted by Crippen LogP contribution is 2.55. The minimum Gasteiger partial charge on any atom is -0.390 e. The molecule has 0 spiro atoms. The SMILES string of the molecule is Cn1nc(C(=O)N[C@H]2C3CC4CC2C[C@](O)(C4)C3)c(Cl)c1-c1ccccc1Cl. The number of benzene rings is 1. The molecule has 2 atom stereocenters. The van der Waals surface area contributed by atoms with E-state index < -0.39 is 5.60 Å². The summed E-state index contributed by atoms with van der Waals surface area (Å²) in [5, 5.41) is 19.2. The zero-order chi connectivity index (χ0) is 19.6. The maximum Gasteiger partial charge on any atom is 0.273 e. The topological polar surface area (TPSA) is 67.2 Å². The largest absolute Gasteiger partial charge is 0.390 e. The van der Waals surface area contributed by atoms with E-state index in [1.54, 1.807) is 17.8 Å². The Morgan fingerprint density at radius 2 is 1.89 bits per heavy atom. The second-order valence-corrected chi connectivity index (χ2v) is 9.59. The molecule has 1 heterocycles. The molecule has 4 aliphatic rings. The van der Waals surface area contributed by atoms with Crippen LogP contribution in [-0.2, 0) is 7.05 Å². The number of nitrogens with zero attached hydrogens (tertiary/aromatic N) is 2. The molecule has 1 aromatic heterocycles. The van der Waals surface area contributed by atoms with E-state index in [9.17, 15) is 9.90 Å². The highest BCUT2D eigenvalue weighted by Gasteiger charge is 2.55. The minimum atomic E-state index is -0.516. The van der Waals surface area contributed by atoms with Crippen molar-refractivity contribution in [3.05, 3.63) is 40.0 Å². The van der Waals surface area contributed by atoms with Gasteiger partial charge < -0.3 is 10.4 Å². The number of carbonyl (C=O) groups excluding carboxylic acids is 1. The van der Waals surface area contributed by atoms with Gasteiger partial charge in [0.15, 0.2) is 5.69 Å². The quantitative estimate of drug-likeness (QED) is 0.787. The number of aryl methyl sites for hydroxylation is 1. The van der Waals surface area contributed by atoms with Crippen LogP contribution < -0.4 is 5.32 Å². The van der Waals surface area contributed by atoms with Crippen molar-refractivity contribution in [1.82, 2.24) is 15.1 Å². The molecule has 4 saturated carbocycles. The molecule has 5 nitrogen and oxygen atoms in total. The molecule has 28 heavy (non-hydrogen) atoms. The van der Waals surface area contributed by atoms with Gasteiger partial charge >= 0.3 is 0 Å². The van der Waals surface area contributed by atoms with Crippen LogP contribution in [0, 0.1) is 17.8 Å². The van der Waals surface area contributed by atoms with Crippen molar-refractivity contribution >= 4 is 29.1 Å². The maximum atomic E-state index is 13.1. The standard InChI is InChI=1S/C21H23Cl2N3O2/c1-26-19(14-4-2-3-5-15(14)22)16(23)18(25-26)20(27)24-17-12-6-11-7-13(17)10-21(28,8-11)9-12/h2-5,11-13,17,28H,6-10H2,1H3,(H,24,27)/t11?,12?,13?,17-,21-. The first-order chi connectivity index (χ1) is 13.3. The van der Waals surface area contributed by atoms with Gasteiger partial charge in [-0.05, 0) is 55.9 Å². The predicted molar refractivity (Wildman–Crippen MR) is 108 cm³/mol. The van der Waals surface area contributed by atoms with Gasteiger partial charge in [-0.15, -0.1) is 0 Å². The summed E-state index contributed by atoms with van der Waals surface area (Å²) in [6.45, 7) is 0. The second kappa shape index (κ2) is 6.48. The van der Waals surface area contributed by atoms with Crippen molar-refractivity contribution in [2.75, 3.05) is 0 Å². The molecule has 6 rings (SSSR count). The Labute approximate surface area is 174 Å². The van der Waals surface area contributed by atoms with E-state index in [-0.39, 0.29) is 17.6 Å². The van der Waals surface area contributed by atoms with E-state index in [0.717, 1.165) is 37.7 Å². The maximum absolute atomic E-state index is 13.1. The van der Waals surface area contributed by atoms with Gasteiger partial charge in [0.1, 0.15) is 0 Å². The summed E-state index contributed by atoms with van der Waals surface area (Å²) in [6.07, 6.45) is 4.67. The van der Waals surface area contributed by atoms with Crippen LogP contribution in [0.3, 0.4) is 0 Å². The van der Waals surface area contributed by atoms with Crippen LogP contribution >= 0.6 is 23.2 Å². The Balaban J connectivity index is 1.41. The minimum absolute atomic E-state index is 0.0890. The first kappa shape index (κ1) is 18.5. The number of hydrogen-bond donors (Lipinski definition) is 2. The number of aliphatic hydroxyl groups is 1. The van der Waals surface area contributed by atoms with E-state index in [2.05, 4.69) is 10.4 Å². The van der Waals surface area contributed by atoms with Gasteiger partial charge in [0.05, 0.1) is 16.3 Å². The van der Waals surface area contributed by atoms with E-state index >= 15 is 0 Å². The highest BCUT2D eigenvalue weighted by atomic mass is 35.5. The van der Waals surface area contributed by atoms with E-state index in [4.69, 9.17) is 23.2 Å². The van der Waals surface area contributed by atoms with Crippen molar-refractivity contribution < 1.29 is 9.90 Å². The van der Waals surface area contributed by atoms with Crippen LogP contribution in [0.15, 0.2) is 24.3 Å². The highest BCUT2D eigenvalue weighted by molar-refractivity contribution is 6.38. The lowest BCUT2D eigenvalue weighted by molar-refractivity contribution is -0.136. The Bertz CT molecular complexity index is 941. The number of carbonyl (C=O) groups is 1. The normalized spacial score (nSPS) is 33.3. The number of amides is 1. The molecule has 0 aliphatic heterocycles. The summed E-state index contributed by atoms with van der Waals surface area (Å²) in [5.41, 5.74) is 1.10. The first-order valence-electron chi connectivity index (χ1n) is 9.85. The average molecular weight is 420 g/mol. The van der Waals surface area contributed by atoms with Crippen molar-refractivity contribution in [1.29, 1.82) is 0 Å². The molecule has 148 valence electrons. The van der Waals surface area contributed by atoms with Gasteiger partial charge in [-0.2, -0.15) is 5.10 Å². The Kier molecular flexibility index (Phi) is 4.27. The molecule has 7 heteroatoms. The molecule has 2 unspecified atom stereocenters. The third-order valence-corrected chi connectivity index (χ3v) is 7.56. The molecule has 1 amide bonds. The molecule has 1 aromatic carbocycles. The predicted octanol–water partition coefficient (Wildman–Crippen LogP) is 4.06. The molecule has 2 N–H and O–H groups in total. The molecular weight excluding hydrogens is 397 g/mol. The number of rotatable bonds is 3. The zero-order valence-corrected chi connectivity index (χ0v) is 17.2. The fourth-order valence-electron chi connectivity index (χ4n) is 6.03. The van der Waals surface area contributed by atoms with Crippen molar-refractivity contribution in [2.24, 2.45) is 24.8 Å². The first-order valence-corrected chi connectivity index (χ1v) is 10.6. The fourth-order valence-corrected chi connectivity index (χ4v) is 6.60. The lowest BCUT2D eigenvalue weighted by Gasteiger charge is -2.58. The van der Waals surface area contributed by atoms with Crippen LogP contribution in [0.1, 0.15) is 42.6 Å². The van der Waals surface area contributed by atoms with Crippen LogP contribution in [-0.4, -0.2) is 32.4 Å². The summed E-state index contributed by atoms with van der Waals surface area (Å²) in [4.78, 5) is 13.1. The summed E-state index contributed by atoms with van der Waals surface area (Å²) >= 11 is 12.9. The van der Waals surface area contributed by atoms with E-state index in [0.29, 0.717) is 33.5 Å². The second-order valence-electron chi connectivity index (χ2n) is 8.81. The lowest BCUT2D eigenvalue weighted by atomic mass is 9.52. The van der Waals surface area contributed by atoms with E-state index in [1.807, 2.05) is 18.2 Å². The van der Waals surface area contributed by atoms with Gasteiger partial charge in [0, 0.05) is 23.7 Å². The number of nitrogens with one attached hydrogen (secondary N) is 1. The summed E-state index contributed by atoms with van der Waals surface area (Å²) in [6, 6.07) is 7.48. The van der Waals surface area contributed by atoms with Crippen molar-refractivity contribution in [2.45, 2.75) is 43.7 Å². The third-order valence-electron chi connectivity index (χ3n) is 6.87. The molecular formula is C21H23Cl2N3O2. The lowest BCUT2D eigenvalue weighted by Crippen LogP contribution is -2.61. The van der Waals surface area contributed by atoms with E-state index in [1.165, 1.54) is 0 Å². The van der Waals surface area contributed by atoms with Crippen LogP contribution in [0.2, 0.25) is 10.0 Å². The molecule has 2 aromatic rings. The van der Waals surface area contributed by atoms with Crippen LogP contribution in [0.4, 0.5) is 0 Å². The smallest absolute Gasteiger partial charge is 0.273 e. The van der Waals surface area contributed by atoms with Crippen molar-refractivity contribution in [3.63, 3.8) is 0 Å². The average Bonchev–Trinajstić information content (AvgIpc) is 2.92. The molecule has 4 bridgehead atoms. The van der Waals surface area contributed by atoms with Gasteiger partial charge in [0.25, 0.3) is 5.91 Å². The van der Waals surface area contributed by atoms with Gasteiger partial charge in [-0.25, -0.2) is 0 Å². The number of halogens is 2. The van der Waals surface area contributed by atoms with Crippen LogP contribution in [0.25, 0.3) is 11.3 Å². The number of hydrogen-bond acceptors (Lipinski definition) is 3. The summed E-state index contributed by atoms with van der Waals surface area (Å²) in [7, 11) is 1.76. The zero-order valence-electron chi connectivity index (χ0n) is 15.7. The monoisotopic (exact) mass is 419 g/mol. The Morgan fingerprint density at radius 3 is 2.54 bits per heavy atom. The van der Waals surface area contributed by atoms with Gasteiger partial charge in [-0.3, -0.25) is 9.48 Å². The Hall–Kier alpha value is -1.56. The summed E-state index contributed by atoms with van der Waals surface area (Å²) < 4.78 is 1.61. The summed E-state index contributed by atoms with van der Waals surface area (Å²) in [5.74, 6) is 1.03. The molecule has 4 fully saturated rings.